The molecule has 2 aliphatic rings. The molecule has 3 rings (SSSR count). The molecule has 1 N–H and O–H groups in total. The van der Waals surface area contributed by atoms with Crippen LogP contribution in [-0.2, 0) is 4.79 Å². The number of rotatable bonds is 6. The fourth-order valence-electron chi connectivity index (χ4n) is 3.65. The molecule has 1 aromatic rings. The Morgan fingerprint density at radius 2 is 2.12 bits per heavy atom. The summed E-state index contributed by atoms with van der Waals surface area (Å²) in [5, 5.41) is 3.85. The van der Waals surface area contributed by atoms with Crippen molar-refractivity contribution < 1.29 is 4.79 Å². The molecule has 0 bridgehead atoms. The van der Waals surface area contributed by atoms with Crippen molar-refractivity contribution in [2.75, 3.05) is 43.9 Å². The largest absolute Gasteiger partial charge is 0.354 e. The van der Waals surface area contributed by atoms with Crippen LogP contribution in [0.4, 0.5) is 5.82 Å². The van der Waals surface area contributed by atoms with Crippen LogP contribution in [0.15, 0.2) is 24.4 Å². The van der Waals surface area contributed by atoms with Gasteiger partial charge in [0, 0.05) is 56.6 Å². The van der Waals surface area contributed by atoms with Crippen molar-refractivity contribution in [2.45, 2.75) is 37.0 Å². The Morgan fingerprint density at radius 3 is 2.83 bits per heavy atom. The molecule has 0 radical (unpaired) electrons. The van der Waals surface area contributed by atoms with E-state index in [-0.39, 0.29) is 5.91 Å². The lowest BCUT2D eigenvalue weighted by Crippen LogP contribution is -2.48. The number of piperazine rings is 1. The molecule has 5 nitrogen and oxygen atoms in total. The SMILES string of the molecule is CS[C@@H]1CCC[C@H]1NC(=O)CCN1CCN(c2ccccn2)CC1. The van der Waals surface area contributed by atoms with E-state index in [1.54, 1.807) is 0 Å². The first-order valence-electron chi connectivity index (χ1n) is 8.97. The number of amides is 1. The van der Waals surface area contributed by atoms with E-state index in [0.717, 1.165) is 45.0 Å². The van der Waals surface area contributed by atoms with Gasteiger partial charge in [-0.25, -0.2) is 4.98 Å². The third kappa shape index (κ3) is 4.63. The molecule has 1 saturated carbocycles. The third-order valence-corrected chi connectivity index (χ3v) is 6.27. The highest BCUT2D eigenvalue weighted by Crippen LogP contribution is 2.28. The van der Waals surface area contributed by atoms with Gasteiger partial charge in [0.25, 0.3) is 0 Å². The minimum Gasteiger partial charge on any atom is -0.354 e. The summed E-state index contributed by atoms with van der Waals surface area (Å²) in [6, 6.07) is 6.43. The van der Waals surface area contributed by atoms with Crippen LogP contribution < -0.4 is 10.2 Å². The van der Waals surface area contributed by atoms with Gasteiger partial charge in [-0.05, 0) is 31.2 Å². The molecule has 132 valence electrons. The van der Waals surface area contributed by atoms with Gasteiger partial charge >= 0.3 is 0 Å². The standard InChI is InChI=1S/C18H28N4OS/c1-24-16-6-4-5-15(16)20-18(23)8-10-21-11-13-22(14-12-21)17-7-2-3-9-19-17/h2-3,7,9,15-16H,4-6,8,10-14H2,1H3,(H,20,23)/t15-,16-/m1/s1. The molecule has 6 heteroatoms. The quantitative estimate of drug-likeness (QED) is 0.852. The second-order valence-corrected chi connectivity index (χ2v) is 7.72. The number of hydrogen-bond acceptors (Lipinski definition) is 5. The highest BCUT2D eigenvalue weighted by atomic mass is 32.2. The number of thioether (sulfide) groups is 1. The monoisotopic (exact) mass is 348 g/mol. The Labute approximate surface area is 149 Å². The van der Waals surface area contributed by atoms with Crippen LogP contribution in [-0.4, -0.2) is 66.1 Å². The summed E-state index contributed by atoms with van der Waals surface area (Å²) in [6.07, 6.45) is 8.22. The first kappa shape index (κ1) is 17.5. The first-order chi connectivity index (χ1) is 11.8. The third-order valence-electron chi connectivity index (χ3n) is 5.10. The molecule has 1 aliphatic carbocycles. The van der Waals surface area contributed by atoms with Crippen molar-refractivity contribution in [2.24, 2.45) is 0 Å². The van der Waals surface area contributed by atoms with Gasteiger partial charge in [-0.3, -0.25) is 9.69 Å². The Balaban J connectivity index is 1.36. The molecular weight excluding hydrogens is 320 g/mol. The highest BCUT2D eigenvalue weighted by molar-refractivity contribution is 7.99. The smallest absolute Gasteiger partial charge is 0.221 e. The predicted octanol–water partition coefficient (Wildman–Crippen LogP) is 1.99. The number of hydrogen-bond donors (Lipinski definition) is 1. The molecule has 1 aliphatic heterocycles. The summed E-state index contributed by atoms with van der Waals surface area (Å²) in [5.74, 6) is 1.27. The number of aromatic nitrogens is 1. The second-order valence-electron chi connectivity index (χ2n) is 6.65. The minimum atomic E-state index is 0.216. The lowest BCUT2D eigenvalue weighted by molar-refractivity contribution is -0.122. The van der Waals surface area contributed by atoms with Crippen LogP contribution in [0, 0.1) is 0 Å². The van der Waals surface area contributed by atoms with Crippen LogP contribution >= 0.6 is 11.8 Å². The molecule has 2 fully saturated rings. The fraction of sp³-hybridized carbons (Fsp3) is 0.667. The van der Waals surface area contributed by atoms with Crippen molar-refractivity contribution in [3.05, 3.63) is 24.4 Å². The lowest BCUT2D eigenvalue weighted by Gasteiger charge is -2.35. The molecule has 1 saturated heterocycles. The Morgan fingerprint density at radius 1 is 1.29 bits per heavy atom. The van der Waals surface area contributed by atoms with Crippen molar-refractivity contribution in [3.63, 3.8) is 0 Å². The number of anilines is 1. The van der Waals surface area contributed by atoms with Gasteiger partial charge in [0.1, 0.15) is 5.82 Å². The first-order valence-corrected chi connectivity index (χ1v) is 10.3. The van der Waals surface area contributed by atoms with E-state index < -0.39 is 0 Å². The summed E-state index contributed by atoms with van der Waals surface area (Å²) in [7, 11) is 0. The van der Waals surface area contributed by atoms with Gasteiger partial charge in [0.15, 0.2) is 0 Å². The molecule has 2 atom stereocenters. The molecule has 0 unspecified atom stereocenters. The zero-order valence-electron chi connectivity index (χ0n) is 14.5. The Bertz CT molecular complexity index is 519. The van der Waals surface area contributed by atoms with Crippen LogP contribution in [0.3, 0.4) is 0 Å². The zero-order chi connectivity index (χ0) is 16.8. The van der Waals surface area contributed by atoms with Gasteiger partial charge < -0.3 is 10.2 Å². The van der Waals surface area contributed by atoms with Crippen LogP contribution in [0.5, 0.6) is 0 Å². The van der Waals surface area contributed by atoms with E-state index in [0.29, 0.717) is 17.7 Å². The maximum atomic E-state index is 12.2. The van der Waals surface area contributed by atoms with Crippen molar-refractivity contribution in [3.8, 4) is 0 Å². The van der Waals surface area contributed by atoms with Crippen LogP contribution in [0.2, 0.25) is 0 Å². The van der Waals surface area contributed by atoms with Gasteiger partial charge in [-0.1, -0.05) is 12.5 Å². The van der Waals surface area contributed by atoms with E-state index in [1.807, 2.05) is 30.1 Å². The molecule has 24 heavy (non-hydrogen) atoms. The number of carbonyl (C=O) groups is 1. The summed E-state index contributed by atoms with van der Waals surface area (Å²) >= 11 is 1.89. The van der Waals surface area contributed by atoms with Crippen LogP contribution in [0.25, 0.3) is 0 Å². The van der Waals surface area contributed by atoms with E-state index >= 15 is 0 Å². The van der Waals surface area contributed by atoms with Gasteiger partial charge in [0.2, 0.25) is 5.91 Å². The maximum absolute atomic E-state index is 12.2. The topological polar surface area (TPSA) is 48.5 Å². The predicted molar refractivity (Wildman–Crippen MR) is 101 cm³/mol. The van der Waals surface area contributed by atoms with E-state index in [2.05, 4.69) is 32.4 Å². The molecule has 2 heterocycles. The lowest BCUT2D eigenvalue weighted by atomic mass is 10.2. The molecule has 0 spiro atoms. The van der Waals surface area contributed by atoms with E-state index in [4.69, 9.17) is 0 Å². The van der Waals surface area contributed by atoms with E-state index in [9.17, 15) is 4.79 Å². The minimum absolute atomic E-state index is 0.216. The summed E-state index contributed by atoms with van der Waals surface area (Å²) in [5.41, 5.74) is 0. The van der Waals surface area contributed by atoms with Gasteiger partial charge in [-0.2, -0.15) is 11.8 Å². The zero-order valence-corrected chi connectivity index (χ0v) is 15.3. The fourth-order valence-corrected chi connectivity index (χ4v) is 4.59. The van der Waals surface area contributed by atoms with Crippen LogP contribution in [0.1, 0.15) is 25.7 Å². The average molecular weight is 349 g/mol. The second kappa shape index (κ2) is 8.72. The molecule has 1 amide bonds. The number of nitrogens with one attached hydrogen (secondary N) is 1. The number of pyridine rings is 1. The van der Waals surface area contributed by atoms with Crippen molar-refractivity contribution >= 4 is 23.5 Å². The summed E-state index contributed by atoms with van der Waals surface area (Å²) in [4.78, 5) is 21.3. The Kier molecular flexibility index (Phi) is 6.37. The summed E-state index contributed by atoms with van der Waals surface area (Å²) < 4.78 is 0. The summed E-state index contributed by atoms with van der Waals surface area (Å²) in [6.45, 7) is 4.82. The average Bonchev–Trinajstić information content (AvgIpc) is 3.08. The normalized spacial score (nSPS) is 25.0. The van der Waals surface area contributed by atoms with Gasteiger partial charge in [-0.15, -0.1) is 0 Å². The number of carbonyl (C=O) groups excluding carboxylic acids is 1. The Hall–Kier alpha value is -1.27. The molecule has 0 aromatic carbocycles. The maximum Gasteiger partial charge on any atom is 0.221 e. The highest BCUT2D eigenvalue weighted by Gasteiger charge is 2.27. The molecular formula is C18H28N4OS. The van der Waals surface area contributed by atoms with E-state index in [1.165, 1.54) is 12.8 Å². The van der Waals surface area contributed by atoms with Gasteiger partial charge in [0.05, 0.1) is 0 Å². The van der Waals surface area contributed by atoms with Crippen molar-refractivity contribution in [1.29, 1.82) is 0 Å². The van der Waals surface area contributed by atoms with Crippen molar-refractivity contribution in [1.82, 2.24) is 15.2 Å². The number of nitrogens with zero attached hydrogens (tertiary/aromatic N) is 3. The molecule has 1 aromatic heterocycles.